The van der Waals surface area contributed by atoms with Crippen LogP contribution in [0.4, 0.5) is 0 Å². The van der Waals surface area contributed by atoms with Crippen LogP contribution in [0.25, 0.3) is 0 Å². The summed E-state index contributed by atoms with van der Waals surface area (Å²) in [6.07, 6.45) is 9.28. The second-order valence-corrected chi connectivity index (χ2v) is 5.34. The van der Waals surface area contributed by atoms with Crippen molar-refractivity contribution >= 4 is 11.6 Å². The van der Waals surface area contributed by atoms with Gasteiger partial charge in [-0.15, -0.1) is 12.3 Å². The van der Waals surface area contributed by atoms with Crippen molar-refractivity contribution in [3.8, 4) is 23.8 Å². The first kappa shape index (κ1) is 15.0. The molecule has 0 atom stereocenters. The molecule has 0 aromatic heterocycles. The van der Waals surface area contributed by atoms with Crippen molar-refractivity contribution in [2.75, 3.05) is 13.7 Å². The average Bonchev–Trinajstić information content (AvgIpc) is 3.26. The van der Waals surface area contributed by atoms with Crippen molar-refractivity contribution in [1.82, 2.24) is 5.32 Å². The first-order chi connectivity index (χ1) is 9.74. The number of hydrogen-bond acceptors (Lipinski definition) is 3. The monoisotopic (exact) mass is 293 g/mol. The first-order valence-electron chi connectivity index (χ1n) is 6.90. The molecule has 2 rings (SSSR count). The number of terminal acetylenes is 1. The second kappa shape index (κ2) is 7.42. The Morgan fingerprint density at radius 3 is 2.90 bits per heavy atom. The van der Waals surface area contributed by atoms with Crippen LogP contribution in [0.5, 0.6) is 11.5 Å². The van der Waals surface area contributed by atoms with Gasteiger partial charge in [0.2, 0.25) is 0 Å². The maximum absolute atomic E-state index is 6.13. The van der Waals surface area contributed by atoms with Gasteiger partial charge in [0.15, 0.2) is 11.5 Å². The molecule has 0 unspecified atom stereocenters. The molecule has 3 nitrogen and oxygen atoms in total. The molecule has 1 aromatic carbocycles. The van der Waals surface area contributed by atoms with Crippen LogP contribution in [0.15, 0.2) is 12.1 Å². The summed E-state index contributed by atoms with van der Waals surface area (Å²) < 4.78 is 11.2. The molecule has 1 N–H and O–H groups in total. The van der Waals surface area contributed by atoms with Crippen LogP contribution in [0.1, 0.15) is 31.2 Å². The van der Waals surface area contributed by atoms with E-state index in [1.54, 1.807) is 13.2 Å². The molecular formula is C16H20ClNO2. The van der Waals surface area contributed by atoms with E-state index in [1.165, 1.54) is 12.8 Å². The highest BCUT2D eigenvalue weighted by Crippen LogP contribution is 2.35. The Labute approximate surface area is 125 Å². The van der Waals surface area contributed by atoms with E-state index in [4.69, 9.17) is 27.5 Å². The number of methoxy groups -OCH3 is 1. The van der Waals surface area contributed by atoms with Crippen molar-refractivity contribution in [1.29, 1.82) is 0 Å². The van der Waals surface area contributed by atoms with Crippen molar-refractivity contribution in [3.63, 3.8) is 0 Å². The van der Waals surface area contributed by atoms with Crippen LogP contribution in [-0.2, 0) is 6.54 Å². The summed E-state index contributed by atoms with van der Waals surface area (Å²) >= 11 is 6.13. The number of nitrogens with one attached hydrogen (secondary N) is 1. The van der Waals surface area contributed by atoms with Gasteiger partial charge in [-0.2, -0.15) is 0 Å². The zero-order chi connectivity index (χ0) is 14.4. The molecule has 0 heterocycles. The SMILES string of the molecule is C#CCCCOc1c(CNC2CC2)cc(Cl)cc1OC. The molecule has 0 saturated heterocycles. The van der Waals surface area contributed by atoms with Crippen molar-refractivity contribution < 1.29 is 9.47 Å². The first-order valence-corrected chi connectivity index (χ1v) is 7.28. The van der Waals surface area contributed by atoms with Gasteiger partial charge in [-0.05, 0) is 25.3 Å². The summed E-state index contributed by atoms with van der Waals surface area (Å²) in [6, 6.07) is 4.34. The fourth-order valence-electron chi connectivity index (χ4n) is 1.96. The molecule has 0 amide bonds. The van der Waals surface area contributed by atoms with E-state index in [1.807, 2.05) is 6.07 Å². The summed E-state index contributed by atoms with van der Waals surface area (Å²) in [5.74, 6) is 4.05. The number of ether oxygens (including phenoxy) is 2. The van der Waals surface area contributed by atoms with E-state index in [9.17, 15) is 0 Å². The zero-order valence-electron chi connectivity index (χ0n) is 11.7. The Hall–Kier alpha value is -1.37. The largest absolute Gasteiger partial charge is 0.493 e. The van der Waals surface area contributed by atoms with Gasteiger partial charge in [-0.3, -0.25) is 0 Å². The predicted molar refractivity (Wildman–Crippen MR) is 81.4 cm³/mol. The Morgan fingerprint density at radius 1 is 1.45 bits per heavy atom. The smallest absolute Gasteiger partial charge is 0.165 e. The van der Waals surface area contributed by atoms with E-state index < -0.39 is 0 Å². The molecule has 0 bridgehead atoms. The number of unbranched alkanes of at least 4 members (excludes halogenated alkanes) is 1. The number of halogens is 1. The molecule has 1 fully saturated rings. The molecule has 0 radical (unpaired) electrons. The predicted octanol–water partition coefficient (Wildman–Crippen LogP) is 3.39. The van der Waals surface area contributed by atoms with E-state index in [0.29, 0.717) is 29.8 Å². The van der Waals surface area contributed by atoms with Crippen LogP contribution in [-0.4, -0.2) is 19.8 Å². The molecule has 20 heavy (non-hydrogen) atoms. The molecule has 1 aliphatic carbocycles. The van der Waals surface area contributed by atoms with Crippen LogP contribution < -0.4 is 14.8 Å². The van der Waals surface area contributed by atoms with Gasteiger partial charge in [0.05, 0.1) is 13.7 Å². The van der Waals surface area contributed by atoms with Crippen LogP contribution >= 0.6 is 11.6 Å². The van der Waals surface area contributed by atoms with E-state index in [2.05, 4.69) is 11.2 Å². The van der Waals surface area contributed by atoms with Gasteiger partial charge in [-0.1, -0.05) is 11.6 Å². The van der Waals surface area contributed by atoms with Crippen molar-refractivity contribution in [3.05, 3.63) is 22.7 Å². The van der Waals surface area contributed by atoms with E-state index in [0.717, 1.165) is 24.3 Å². The Bertz CT molecular complexity index is 492. The molecule has 0 spiro atoms. The lowest BCUT2D eigenvalue weighted by molar-refractivity contribution is 0.287. The number of rotatable bonds is 8. The van der Waals surface area contributed by atoms with Gasteiger partial charge in [0, 0.05) is 35.7 Å². The topological polar surface area (TPSA) is 30.5 Å². The molecule has 4 heteroatoms. The maximum Gasteiger partial charge on any atom is 0.165 e. The van der Waals surface area contributed by atoms with Crippen molar-refractivity contribution in [2.45, 2.75) is 38.3 Å². The third-order valence-corrected chi connectivity index (χ3v) is 3.41. The van der Waals surface area contributed by atoms with Crippen molar-refractivity contribution in [2.24, 2.45) is 0 Å². The van der Waals surface area contributed by atoms with Gasteiger partial charge < -0.3 is 14.8 Å². The van der Waals surface area contributed by atoms with Crippen LogP contribution in [0.2, 0.25) is 5.02 Å². The standard InChI is InChI=1S/C16H20ClNO2/c1-3-4-5-8-20-16-12(11-18-14-6-7-14)9-13(17)10-15(16)19-2/h1,9-10,14,18H,4-8,11H2,2H3. The highest BCUT2D eigenvalue weighted by Gasteiger charge is 2.21. The minimum Gasteiger partial charge on any atom is -0.493 e. The molecule has 0 aliphatic heterocycles. The highest BCUT2D eigenvalue weighted by atomic mass is 35.5. The molecule has 1 aliphatic rings. The molecule has 1 aromatic rings. The van der Waals surface area contributed by atoms with E-state index in [-0.39, 0.29) is 0 Å². The molecule has 108 valence electrons. The molecular weight excluding hydrogens is 274 g/mol. The Kier molecular flexibility index (Phi) is 5.58. The van der Waals surface area contributed by atoms with Crippen LogP contribution in [0.3, 0.4) is 0 Å². The minimum atomic E-state index is 0.582. The normalized spacial score (nSPS) is 13.8. The zero-order valence-corrected chi connectivity index (χ0v) is 12.5. The summed E-state index contributed by atoms with van der Waals surface area (Å²) in [5, 5.41) is 4.12. The molecule has 1 saturated carbocycles. The summed E-state index contributed by atoms with van der Waals surface area (Å²) in [5.41, 5.74) is 1.03. The summed E-state index contributed by atoms with van der Waals surface area (Å²) in [7, 11) is 1.62. The second-order valence-electron chi connectivity index (χ2n) is 4.91. The lowest BCUT2D eigenvalue weighted by Crippen LogP contribution is -2.16. The lowest BCUT2D eigenvalue weighted by atomic mass is 10.1. The average molecular weight is 294 g/mol. The summed E-state index contributed by atoms with van der Waals surface area (Å²) in [6.45, 7) is 1.32. The Balaban J connectivity index is 2.08. The third kappa shape index (κ3) is 4.33. The van der Waals surface area contributed by atoms with Gasteiger partial charge in [0.1, 0.15) is 0 Å². The fraction of sp³-hybridized carbons (Fsp3) is 0.500. The summed E-state index contributed by atoms with van der Waals surface area (Å²) in [4.78, 5) is 0. The minimum absolute atomic E-state index is 0.582. The lowest BCUT2D eigenvalue weighted by Gasteiger charge is -2.16. The highest BCUT2D eigenvalue weighted by molar-refractivity contribution is 6.30. The van der Waals surface area contributed by atoms with Gasteiger partial charge >= 0.3 is 0 Å². The van der Waals surface area contributed by atoms with Gasteiger partial charge in [-0.25, -0.2) is 0 Å². The number of hydrogen-bond donors (Lipinski definition) is 1. The van der Waals surface area contributed by atoms with Gasteiger partial charge in [0.25, 0.3) is 0 Å². The third-order valence-electron chi connectivity index (χ3n) is 3.19. The van der Waals surface area contributed by atoms with Crippen LogP contribution in [0, 0.1) is 12.3 Å². The Morgan fingerprint density at radius 2 is 2.25 bits per heavy atom. The quantitative estimate of drug-likeness (QED) is 0.589. The maximum atomic E-state index is 6.13. The van der Waals surface area contributed by atoms with E-state index >= 15 is 0 Å². The number of benzene rings is 1. The fourth-order valence-corrected chi connectivity index (χ4v) is 2.19.